The lowest BCUT2D eigenvalue weighted by molar-refractivity contribution is -0.181. The van der Waals surface area contributed by atoms with Crippen molar-refractivity contribution < 1.29 is 28.1 Å². The third kappa shape index (κ3) is 4.65. The molecule has 3 N–H and O–H groups in total. The first-order chi connectivity index (χ1) is 16.7. The van der Waals surface area contributed by atoms with Crippen LogP contribution in [0.2, 0.25) is 0 Å². The first-order valence-electron chi connectivity index (χ1n) is 11.5. The number of ether oxygens (including phenoxy) is 1. The van der Waals surface area contributed by atoms with Gasteiger partial charge in [-0.15, -0.1) is 0 Å². The average Bonchev–Trinajstić information content (AvgIpc) is 3.51. The van der Waals surface area contributed by atoms with E-state index in [2.05, 4.69) is 20.3 Å². The van der Waals surface area contributed by atoms with Gasteiger partial charge in [-0.1, -0.05) is 0 Å². The summed E-state index contributed by atoms with van der Waals surface area (Å²) < 4.78 is 45.4. The van der Waals surface area contributed by atoms with Gasteiger partial charge in [0.2, 0.25) is 0 Å². The number of methoxy groups -OCH3 is 1. The predicted molar refractivity (Wildman–Crippen MR) is 122 cm³/mol. The van der Waals surface area contributed by atoms with Crippen LogP contribution in [-0.4, -0.2) is 68.4 Å². The number of fused-ring (bicyclic) bond motifs is 1. The van der Waals surface area contributed by atoms with Gasteiger partial charge in [-0.05, 0) is 43.0 Å². The number of aliphatic hydroxyl groups is 2. The Kier molecular flexibility index (Phi) is 6.06. The highest BCUT2D eigenvalue weighted by Crippen LogP contribution is 2.42. The molecule has 2 aromatic heterocycles. The van der Waals surface area contributed by atoms with E-state index in [4.69, 9.17) is 4.74 Å². The van der Waals surface area contributed by atoms with E-state index in [1.54, 1.807) is 18.0 Å². The van der Waals surface area contributed by atoms with E-state index in [1.165, 1.54) is 18.5 Å². The summed E-state index contributed by atoms with van der Waals surface area (Å²) in [6.45, 7) is 1.71. The Morgan fingerprint density at radius 3 is 2.66 bits per heavy atom. The number of aromatic nitrogens is 4. The molecule has 1 aliphatic heterocycles. The summed E-state index contributed by atoms with van der Waals surface area (Å²) in [5, 5.41) is 24.6. The van der Waals surface area contributed by atoms with Gasteiger partial charge in [0.1, 0.15) is 11.8 Å². The first-order valence-corrected chi connectivity index (χ1v) is 11.5. The molecule has 1 aromatic carbocycles. The van der Waals surface area contributed by atoms with E-state index in [0.717, 1.165) is 24.2 Å². The van der Waals surface area contributed by atoms with Crippen LogP contribution in [0.4, 0.5) is 24.7 Å². The molecular formula is C23H27F3N6O3. The number of hydrogen-bond acceptors (Lipinski definition) is 8. The highest BCUT2D eigenvalue weighted by atomic mass is 19.4. The maximum Gasteiger partial charge on any atom is 0.416 e. The van der Waals surface area contributed by atoms with Crippen molar-refractivity contribution in [3.8, 4) is 0 Å². The van der Waals surface area contributed by atoms with Crippen molar-refractivity contribution in [1.82, 2.24) is 19.5 Å². The Morgan fingerprint density at radius 2 is 1.94 bits per heavy atom. The summed E-state index contributed by atoms with van der Waals surface area (Å²) in [7, 11) is 1.59. The maximum absolute atomic E-state index is 12.8. The standard InChI is InChI=1S/C23H27F3N6O3/c1-35-11-14-8-18(22(33,34)9-14)32-13-29-19-20(27-12-28-21(19)32)30-16-6-7-31(10-16)17-4-2-15(3-5-17)23(24,25)26/h2-5,12-14,16,18,33-34H,6-11H2,1H3,(H,27,28,30)/t14-,16+,18-/m1/s1. The minimum atomic E-state index is -4.36. The molecule has 2 aliphatic rings. The summed E-state index contributed by atoms with van der Waals surface area (Å²) in [4.78, 5) is 15.2. The minimum absolute atomic E-state index is 0.00607. The van der Waals surface area contributed by atoms with Crippen molar-refractivity contribution in [2.24, 2.45) is 5.92 Å². The number of nitrogens with one attached hydrogen (secondary N) is 1. The number of anilines is 2. The summed E-state index contributed by atoms with van der Waals surface area (Å²) >= 11 is 0. The minimum Gasteiger partial charge on any atom is -0.384 e. The molecule has 3 heterocycles. The van der Waals surface area contributed by atoms with Gasteiger partial charge in [-0.2, -0.15) is 13.2 Å². The number of halogens is 3. The van der Waals surface area contributed by atoms with Crippen molar-refractivity contribution in [2.75, 3.05) is 37.0 Å². The molecule has 1 aliphatic carbocycles. The molecule has 2 fully saturated rings. The highest BCUT2D eigenvalue weighted by Gasteiger charge is 2.46. The monoisotopic (exact) mass is 492 g/mol. The Balaban J connectivity index is 1.31. The van der Waals surface area contributed by atoms with Crippen LogP contribution in [0.25, 0.3) is 11.2 Å². The molecule has 0 unspecified atom stereocenters. The van der Waals surface area contributed by atoms with Crippen LogP contribution in [-0.2, 0) is 10.9 Å². The van der Waals surface area contributed by atoms with Crippen LogP contribution in [0.15, 0.2) is 36.9 Å². The summed E-state index contributed by atoms with van der Waals surface area (Å²) in [5.74, 6) is -1.37. The van der Waals surface area contributed by atoms with Crippen molar-refractivity contribution in [2.45, 2.75) is 43.3 Å². The van der Waals surface area contributed by atoms with Crippen molar-refractivity contribution in [1.29, 1.82) is 0 Å². The van der Waals surface area contributed by atoms with Crippen LogP contribution in [0, 0.1) is 5.92 Å². The number of hydrogen-bond donors (Lipinski definition) is 3. The molecular weight excluding hydrogens is 465 g/mol. The van der Waals surface area contributed by atoms with Gasteiger partial charge in [0.25, 0.3) is 0 Å². The summed E-state index contributed by atoms with van der Waals surface area (Å²) in [5.41, 5.74) is 1.08. The molecule has 0 amide bonds. The average molecular weight is 493 g/mol. The third-order valence-electron chi connectivity index (χ3n) is 6.87. The van der Waals surface area contributed by atoms with E-state index < -0.39 is 23.6 Å². The van der Waals surface area contributed by atoms with Crippen molar-refractivity contribution >= 4 is 22.7 Å². The summed E-state index contributed by atoms with van der Waals surface area (Å²) in [6, 6.07) is 4.57. The Hall–Kier alpha value is -2.96. The van der Waals surface area contributed by atoms with E-state index in [-0.39, 0.29) is 18.4 Å². The number of rotatable bonds is 6. The molecule has 1 saturated carbocycles. The quantitative estimate of drug-likeness (QED) is 0.451. The zero-order valence-electron chi connectivity index (χ0n) is 19.1. The lowest BCUT2D eigenvalue weighted by Crippen LogP contribution is -2.34. The molecule has 35 heavy (non-hydrogen) atoms. The molecule has 0 bridgehead atoms. The van der Waals surface area contributed by atoms with E-state index in [0.29, 0.717) is 43.1 Å². The number of alkyl halides is 3. The molecule has 9 nitrogen and oxygen atoms in total. The normalized spacial score (nSPS) is 24.4. The molecule has 1 saturated heterocycles. The van der Waals surface area contributed by atoms with Crippen molar-refractivity contribution in [3.05, 3.63) is 42.5 Å². The summed E-state index contributed by atoms with van der Waals surface area (Å²) in [6.07, 6.45) is 0.0838. The predicted octanol–water partition coefficient (Wildman–Crippen LogP) is 2.81. The third-order valence-corrected chi connectivity index (χ3v) is 6.87. The maximum atomic E-state index is 12.8. The van der Waals surface area contributed by atoms with Gasteiger partial charge in [0, 0.05) is 45.0 Å². The van der Waals surface area contributed by atoms with E-state index in [1.807, 2.05) is 4.90 Å². The Morgan fingerprint density at radius 1 is 1.17 bits per heavy atom. The first kappa shape index (κ1) is 23.8. The van der Waals surface area contributed by atoms with Gasteiger partial charge in [-0.3, -0.25) is 0 Å². The van der Waals surface area contributed by atoms with Crippen LogP contribution in [0.1, 0.15) is 30.9 Å². The topological polar surface area (TPSA) is 109 Å². The molecule has 3 atom stereocenters. The zero-order valence-corrected chi connectivity index (χ0v) is 19.1. The van der Waals surface area contributed by atoms with Gasteiger partial charge in [-0.25, -0.2) is 15.0 Å². The van der Waals surface area contributed by atoms with Crippen LogP contribution >= 0.6 is 0 Å². The molecule has 0 radical (unpaired) electrons. The molecule has 188 valence electrons. The van der Waals surface area contributed by atoms with Crippen molar-refractivity contribution in [3.63, 3.8) is 0 Å². The smallest absolute Gasteiger partial charge is 0.384 e. The number of nitrogens with zero attached hydrogens (tertiary/aromatic N) is 5. The molecule has 5 rings (SSSR count). The van der Waals surface area contributed by atoms with Gasteiger partial charge >= 0.3 is 6.18 Å². The number of benzene rings is 1. The largest absolute Gasteiger partial charge is 0.416 e. The second-order valence-electron chi connectivity index (χ2n) is 9.32. The van der Waals surface area contributed by atoms with Crippen LogP contribution in [0.3, 0.4) is 0 Å². The fourth-order valence-electron chi connectivity index (χ4n) is 5.20. The SMILES string of the molecule is COC[C@@H]1C[C@@H](n2cnc3c(N[C@H]4CCN(c5ccc(C(F)(F)F)cc5)C4)ncnc32)C(O)(O)C1. The van der Waals surface area contributed by atoms with E-state index >= 15 is 0 Å². The van der Waals surface area contributed by atoms with Crippen LogP contribution in [0.5, 0.6) is 0 Å². The van der Waals surface area contributed by atoms with Gasteiger partial charge in [0.05, 0.1) is 17.9 Å². The second kappa shape index (κ2) is 8.92. The Labute approximate surface area is 199 Å². The lowest BCUT2D eigenvalue weighted by atomic mass is 10.1. The second-order valence-corrected chi connectivity index (χ2v) is 9.32. The van der Waals surface area contributed by atoms with Crippen LogP contribution < -0.4 is 10.2 Å². The fourth-order valence-corrected chi connectivity index (χ4v) is 5.20. The lowest BCUT2D eigenvalue weighted by Gasteiger charge is -2.25. The molecule has 3 aromatic rings. The zero-order chi connectivity index (χ0) is 24.8. The van der Waals surface area contributed by atoms with Gasteiger partial charge < -0.3 is 29.7 Å². The fraction of sp³-hybridized carbons (Fsp3) is 0.522. The van der Waals surface area contributed by atoms with E-state index in [9.17, 15) is 23.4 Å². The molecule has 12 heteroatoms. The highest BCUT2D eigenvalue weighted by molar-refractivity contribution is 5.83. The Bertz CT molecular complexity index is 1180. The number of imidazole rings is 1. The van der Waals surface area contributed by atoms with Gasteiger partial charge in [0.15, 0.2) is 17.3 Å². The molecule has 0 spiro atoms.